The van der Waals surface area contributed by atoms with E-state index in [-0.39, 0.29) is 12.5 Å². The van der Waals surface area contributed by atoms with E-state index in [9.17, 15) is 4.79 Å². The summed E-state index contributed by atoms with van der Waals surface area (Å²) < 4.78 is 1.55. The standard InChI is InChI=1S/C14H19N5OS/c1-10-16-14-11(4-3-5-12(14)21-10)8-18(2)13(20)9-19-7-6-15-17-19/h6-7,11H,3-5,8-9H2,1-2H3. The first kappa shape index (κ1) is 14.2. The normalized spacial score (nSPS) is 17.5. The molecule has 1 amide bonds. The molecule has 0 aliphatic heterocycles. The first-order valence-electron chi connectivity index (χ1n) is 7.17. The van der Waals surface area contributed by atoms with E-state index in [1.807, 2.05) is 7.05 Å². The van der Waals surface area contributed by atoms with Crippen LogP contribution in [0.2, 0.25) is 0 Å². The maximum absolute atomic E-state index is 12.2. The number of aromatic nitrogens is 4. The number of hydrogen-bond acceptors (Lipinski definition) is 5. The zero-order chi connectivity index (χ0) is 14.8. The zero-order valence-corrected chi connectivity index (χ0v) is 13.1. The van der Waals surface area contributed by atoms with Crippen LogP contribution in [0.4, 0.5) is 0 Å². The van der Waals surface area contributed by atoms with Crippen LogP contribution < -0.4 is 0 Å². The summed E-state index contributed by atoms with van der Waals surface area (Å²) >= 11 is 1.80. The van der Waals surface area contributed by atoms with Crippen LogP contribution >= 0.6 is 11.3 Å². The van der Waals surface area contributed by atoms with Gasteiger partial charge in [-0.15, -0.1) is 16.4 Å². The Balaban J connectivity index is 1.65. The molecule has 2 aromatic heterocycles. The van der Waals surface area contributed by atoms with Gasteiger partial charge in [0.25, 0.3) is 0 Å². The highest BCUT2D eigenvalue weighted by molar-refractivity contribution is 7.11. The third-order valence-electron chi connectivity index (χ3n) is 3.87. The summed E-state index contributed by atoms with van der Waals surface area (Å²) in [5.74, 6) is 0.419. The zero-order valence-electron chi connectivity index (χ0n) is 12.3. The van der Waals surface area contributed by atoms with Crippen molar-refractivity contribution in [2.24, 2.45) is 0 Å². The molecule has 2 aromatic rings. The fourth-order valence-electron chi connectivity index (χ4n) is 2.82. The topological polar surface area (TPSA) is 63.9 Å². The third kappa shape index (κ3) is 3.12. The minimum absolute atomic E-state index is 0.0552. The van der Waals surface area contributed by atoms with Crippen molar-refractivity contribution in [1.29, 1.82) is 0 Å². The minimum atomic E-state index is 0.0552. The maximum atomic E-state index is 12.2. The van der Waals surface area contributed by atoms with Crippen molar-refractivity contribution in [3.05, 3.63) is 28.0 Å². The molecule has 3 rings (SSSR count). The first-order valence-corrected chi connectivity index (χ1v) is 7.99. The van der Waals surface area contributed by atoms with Crippen molar-refractivity contribution in [2.45, 2.75) is 38.6 Å². The molecule has 0 radical (unpaired) electrons. The number of rotatable bonds is 4. The predicted molar refractivity (Wildman–Crippen MR) is 80.2 cm³/mol. The van der Waals surface area contributed by atoms with E-state index in [1.54, 1.807) is 33.3 Å². The summed E-state index contributed by atoms with van der Waals surface area (Å²) in [7, 11) is 1.85. The molecule has 1 atom stereocenters. The van der Waals surface area contributed by atoms with Gasteiger partial charge in [-0.3, -0.25) is 4.79 Å². The Morgan fingerprint density at radius 1 is 1.57 bits per heavy atom. The molecular weight excluding hydrogens is 286 g/mol. The molecule has 1 aliphatic rings. The fourth-order valence-corrected chi connectivity index (χ4v) is 3.88. The lowest BCUT2D eigenvalue weighted by Gasteiger charge is -2.26. The van der Waals surface area contributed by atoms with Gasteiger partial charge in [0.05, 0.1) is 16.9 Å². The largest absolute Gasteiger partial charge is 0.343 e. The molecule has 0 bridgehead atoms. The Morgan fingerprint density at radius 2 is 2.43 bits per heavy atom. The molecule has 0 saturated heterocycles. The molecular formula is C14H19N5OS. The molecule has 1 unspecified atom stereocenters. The van der Waals surface area contributed by atoms with Crippen LogP contribution in [0.15, 0.2) is 12.4 Å². The van der Waals surface area contributed by atoms with E-state index >= 15 is 0 Å². The van der Waals surface area contributed by atoms with Crippen molar-refractivity contribution in [2.75, 3.05) is 13.6 Å². The minimum Gasteiger partial charge on any atom is -0.343 e. The number of thiazole rings is 1. The Hall–Kier alpha value is -1.76. The van der Waals surface area contributed by atoms with Gasteiger partial charge in [0.2, 0.25) is 5.91 Å². The monoisotopic (exact) mass is 305 g/mol. The average molecular weight is 305 g/mol. The number of likely N-dealkylation sites (N-methyl/N-ethyl adjacent to an activating group) is 1. The molecule has 0 saturated carbocycles. The smallest absolute Gasteiger partial charge is 0.244 e. The lowest BCUT2D eigenvalue weighted by molar-refractivity contribution is -0.131. The highest BCUT2D eigenvalue weighted by Crippen LogP contribution is 2.34. The quantitative estimate of drug-likeness (QED) is 0.861. The summed E-state index contributed by atoms with van der Waals surface area (Å²) in [5, 5.41) is 8.68. The lowest BCUT2D eigenvalue weighted by atomic mass is 9.90. The van der Waals surface area contributed by atoms with Crippen LogP contribution in [-0.2, 0) is 17.8 Å². The summed E-state index contributed by atoms with van der Waals surface area (Å²) in [5.41, 5.74) is 1.21. The summed E-state index contributed by atoms with van der Waals surface area (Å²) in [6, 6.07) is 0. The molecule has 0 N–H and O–H groups in total. The highest BCUT2D eigenvalue weighted by atomic mass is 32.1. The van der Waals surface area contributed by atoms with Gasteiger partial charge >= 0.3 is 0 Å². The van der Waals surface area contributed by atoms with Gasteiger partial charge in [0, 0.05) is 30.6 Å². The number of aryl methyl sites for hydroxylation is 2. The van der Waals surface area contributed by atoms with Gasteiger partial charge in [0.1, 0.15) is 6.54 Å². The second-order valence-electron chi connectivity index (χ2n) is 5.51. The molecule has 6 nitrogen and oxygen atoms in total. The molecule has 2 heterocycles. The molecule has 0 spiro atoms. The van der Waals surface area contributed by atoms with E-state index in [4.69, 9.17) is 0 Å². The SMILES string of the molecule is Cc1nc2c(s1)CCCC2CN(C)C(=O)Cn1ccnn1. The van der Waals surface area contributed by atoms with Crippen LogP contribution in [0.1, 0.15) is 34.3 Å². The van der Waals surface area contributed by atoms with Gasteiger partial charge in [-0.2, -0.15) is 0 Å². The molecule has 1 aliphatic carbocycles. The number of carbonyl (C=O) groups excluding carboxylic acids is 1. The van der Waals surface area contributed by atoms with E-state index < -0.39 is 0 Å². The first-order chi connectivity index (χ1) is 10.1. The van der Waals surface area contributed by atoms with Crippen molar-refractivity contribution >= 4 is 17.2 Å². The third-order valence-corrected chi connectivity index (χ3v) is 4.91. The van der Waals surface area contributed by atoms with Gasteiger partial charge in [-0.05, 0) is 26.2 Å². The number of hydrogen-bond donors (Lipinski definition) is 0. The van der Waals surface area contributed by atoms with Crippen LogP contribution in [0, 0.1) is 6.92 Å². The number of nitrogens with zero attached hydrogens (tertiary/aromatic N) is 5. The number of fused-ring (bicyclic) bond motifs is 1. The maximum Gasteiger partial charge on any atom is 0.244 e. The van der Waals surface area contributed by atoms with Crippen LogP contribution in [0.5, 0.6) is 0 Å². The number of amides is 1. The van der Waals surface area contributed by atoms with Crippen LogP contribution in [0.25, 0.3) is 0 Å². The van der Waals surface area contributed by atoms with Crippen molar-refractivity contribution in [3.63, 3.8) is 0 Å². The summed E-state index contributed by atoms with van der Waals surface area (Å²) in [6.45, 7) is 3.02. The van der Waals surface area contributed by atoms with Crippen LogP contribution in [-0.4, -0.2) is 44.4 Å². The molecule has 112 valence electrons. The van der Waals surface area contributed by atoms with Gasteiger partial charge in [-0.1, -0.05) is 5.21 Å². The number of carbonyl (C=O) groups is 1. The molecule has 0 fully saturated rings. The van der Waals surface area contributed by atoms with Gasteiger partial charge in [0.15, 0.2) is 0 Å². The van der Waals surface area contributed by atoms with E-state index in [2.05, 4.69) is 22.2 Å². The fraction of sp³-hybridized carbons (Fsp3) is 0.571. The second-order valence-corrected chi connectivity index (χ2v) is 6.79. The molecule has 21 heavy (non-hydrogen) atoms. The van der Waals surface area contributed by atoms with E-state index in [0.717, 1.165) is 24.4 Å². The van der Waals surface area contributed by atoms with E-state index in [1.165, 1.54) is 17.0 Å². The predicted octanol–water partition coefficient (Wildman–Crippen LogP) is 1.62. The van der Waals surface area contributed by atoms with Gasteiger partial charge < -0.3 is 4.90 Å². The van der Waals surface area contributed by atoms with Crippen molar-refractivity contribution < 1.29 is 4.79 Å². The molecule has 0 aromatic carbocycles. The lowest BCUT2D eigenvalue weighted by Crippen LogP contribution is -2.34. The average Bonchev–Trinajstić information content (AvgIpc) is 3.07. The van der Waals surface area contributed by atoms with Crippen LogP contribution in [0.3, 0.4) is 0 Å². The van der Waals surface area contributed by atoms with E-state index in [0.29, 0.717) is 5.92 Å². The Bertz CT molecular complexity index is 621. The second kappa shape index (κ2) is 5.93. The Kier molecular flexibility index (Phi) is 4.01. The van der Waals surface area contributed by atoms with Crippen molar-refractivity contribution in [3.8, 4) is 0 Å². The molecule has 7 heteroatoms. The van der Waals surface area contributed by atoms with Gasteiger partial charge in [-0.25, -0.2) is 9.67 Å². The summed E-state index contributed by atoms with van der Waals surface area (Å²) in [6.07, 6.45) is 6.71. The Morgan fingerprint density at radius 3 is 3.19 bits per heavy atom. The summed E-state index contributed by atoms with van der Waals surface area (Å²) in [4.78, 5) is 20.1. The Labute approximate surface area is 127 Å². The highest BCUT2D eigenvalue weighted by Gasteiger charge is 2.26. The van der Waals surface area contributed by atoms with Crippen molar-refractivity contribution in [1.82, 2.24) is 24.9 Å².